The Kier molecular flexibility index (Phi) is 7.07. The first kappa shape index (κ1) is 22.6. The molecule has 0 fully saturated rings. The summed E-state index contributed by atoms with van der Waals surface area (Å²) in [6.45, 7) is 2.02. The molecule has 4 aromatic rings. The largest absolute Gasteiger partial charge is 0.508 e. The Bertz CT molecular complexity index is 1290. The Morgan fingerprint density at radius 1 is 1.12 bits per heavy atom. The molecular formula is C24H20ClN5O2S. The second-order valence-electron chi connectivity index (χ2n) is 7.16. The summed E-state index contributed by atoms with van der Waals surface area (Å²) in [5, 5.41) is 23.3. The highest BCUT2D eigenvalue weighted by Gasteiger charge is 2.17. The summed E-state index contributed by atoms with van der Waals surface area (Å²) in [4.78, 5) is 12.3. The van der Waals surface area contributed by atoms with Crippen molar-refractivity contribution in [3.8, 4) is 22.8 Å². The maximum absolute atomic E-state index is 12.3. The van der Waals surface area contributed by atoms with E-state index in [0.717, 1.165) is 16.8 Å². The number of carbonyl (C=O) groups excluding carboxylic acids is 1. The third-order valence-corrected chi connectivity index (χ3v) is 5.81. The average molecular weight is 478 g/mol. The second kappa shape index (κ2) is 10.3. The monoisotopic (exact) mass is 477 g/mol. The number of aromatic nitrogens is 3. The van der Waals surface area contributed by atoms with Crippen molar-refractivity contribution < 1.29 is 9.90 Å². The number of rotatable bonds is 7. The van der Waals surface area contributed by atoms with Crippen molar-refractivity contribution in [2.45, 2.75) is 12.1 Å². The summed E-state index contributed by atoms with van der Waals surface area (Å²) in [6.07, 6.45) is 1.47. The van der Waals surface area contributed by atoms with Gasteiger partial charge in [0, 0.05) is 16.3 Å². The standard InChI is InChI=1S/C24H20ClN5O2S/c1-16-5-7-18(8-6-16)23-28-29-24(30(23)20-11-9-19(25)10-12-20)33-15-22(32)27-26-14-17-3-2-4-21(31)13-17/h2-14,31H,15H2,1H3,(H,27,32)/b26-14+. The number of nitrogens with one attached hydrogen (secondary N) is 1. The Labute approximate surface area is 200 Å². The number of amides is 1. The molecule has 7 nitrogen and oxygen atoms in total. The maximum atomic E-state index is 12.3. The minimum absolute atomic E-state index is 0.0942. The Morgan fingerprint density at radius 2 is 1.88 bits per heavy atom. The van der Waals surface area contributed by atoms with Crippen molar-refractivity contribution >= 4 is 35.5 Å². The van der Waals surface area contributed by atoms with Crippen molar-refractivity contribution in [3.63, 3.8) is 0 Å². The molecule has 0 atom stereocenters. The molecule has 1 heterocycles. The van der Waals surface area contributed by atoms with Crippen LogP contribution in [0.4, 0.5) is 0 Å². The zero-order valence-electron chi connectivity index (χ0n) is 17.6. The van der Waals surface area contributed by atoms with Gasteiger partial charge in [0.05, 0.1) is 12.0 Å². The van der Waals surface area contributed by atoms with E-state index in [1.165, 1.54) is 18.0 Å². The molecule has 0 aliphatic rings. The number of carbonyl (C=O) groups is 1. The van der Waals surface area contributed by atoms with Gasteiger partial charge >= 0.3 is 0 Å². The molecule has 33 heavy (non-hydrogen) atoms. The third-order valence-electron chi connectivity index (χ3n) is 4.63. The average Bonchev–Trinajstić information content (AvgIpc) is 3.23. The number of phenolic OH excluding ortho intramolecular Hbond substituents is 1. The molecule has 0 aliphatic heterocycles. The van der Waals surface area contributed by atoms with E-state index in [0.29, 0.717) is 21.6 Å². The fraction of sp³-hybridized carbons (Fsp3) is 0.0833. The molecule has 0 radical (unpaired) electrons. The molecule has 166 valence electrons. The van der Waals surface area contributed by atoms with Crippen molar-refractivity contribution in [2.75, 3.05) is 5.75 Å². The third kappa shape index (κ3) is 5.79. The summed E-state index contributed by atoms with van der Waals surface area (Å²) < 4.78 is 1.90. The molecule has 0 spiro atoms. The van der Waals surface area contributed by atoms with Crippen LogP contribution in [0.3, 0.4) is 0 Å². The van der Waals surface area contributed by atoms with Gasteiger partial charge in [-0.05, 0) is 48.9 Å². The van der Waals surface area contributed by atoms with Gasteiger partial charge in [-0.25, -0.2) is 5.43 Å². The van der Waals surface area contributed by atoms with E-state index in [9.17, 15) is 9.90 Å². The molecule has 0 bridgehead atoms. The number of halogens is 1. The van der Waals surface area contributed by atoms with Crippen LogP contribution in [0.15, 0.2) is 83.1 Å². The molecule has 0 aliphatic carbocycles. The highest BCUT2D eigenvalue weighted by Crippen LogP contribution is 2.28. The molecule has 2 N–H and O–H groups in total. The first-order valence-corrected chi connectivity index (χ1v) is 11.4. The molecule has 1 amide bonds. The van der Waals surface area contributed by atoms with E-state index in [1.807, 2.05) is 47.9 Å². The van der Waals surface area contributed by atoms with Gasteiger partial charge in [0.2, 0.25) is 0 Å². The summed E-state index contributed by atoms with van der Waals surface area (Å²) in [7, 11) is 0. The van der Waals surface area contributed by atoms with Crippen molar-refractivity contribution in [1.29, 1.82) is 0 Å². The van der Waals surface area contributed by atoms with Crippen molar-refractivity contribution in [3.05, 3.63) is 88.9 Å². The van der Waals surface area contributed by atoms with Crippen LogP contribution < -0.4 is 5.43 Å². The fourth-order valence-electron chi connectivity index (χ4n) is 3.02. The van der Waals surface area contributed by atoms with Crippen LogP contribution in [0.25, 0.3) is 17.1 Å². The number of hydrazone groups is 1. The van der Waals surface area contributed by atoms with E-state index in [2.05, 4.69) is 20.7 Å². The lowest BCUT2D eigenvalue weighted by Crippen LogP contribution is -2.20. The highest BCUT2D eigenvalue weighted by atomic mass is 35.5. The van der Waals surface area contributed by atoms with Crippen LogP contribution in [0.1, 0.15) is 11.1 Å². The fourth-order valence-corrected chi connectivity index (χ4v) is 3.89. The molecule has 9 heteroatoms. The van der Waals surface area contributed by atoms with Gasteiger partial charge in [-0.15, -0.1) is 10.2 Å². The Morgan fingerprint density at radius 3 is 2.61 bits per heavy atom. The molecule has 0 saturated heterocycles. The number of hydrogen-bond acceptors (Lipinski definition) is 6. The number of phenols is 1. The van der Waals surface area contributed by atoms with Gasteiger partial charge < -0.3 is 5.11 Å². The number of aromatic hydroxyl groups is 1. The van der Waals surface area contributed by atoms with E-state index in [1.54, 1.807) is 36.4 Å². The number of hydrogen-bond donors (Lipinski definition) is 2. The molecule has 0 saturated carbocycles. The van der Waals surface area contributed by atoms with E-state index < -0.39 is 0 Å². The molecule has 4 rings (SSSR count). The summed E-state index contributed by atoms with van der Waals surface area (Å²) in [6, 6.07) is 21.9. The molecule has 0 unspecified atom stereocenters. The molecule has 3 aromatic carbocycles. The minimum Gasteiger partial charge on any atom is -0.508 e. The SMILES string of the molecule is Cc1ccc(-c2nnc(SCC(=O)N/N=C/c3cccc(O)c3)n2-c2ccc(Cl)cc2)cc1. The van der Waals surface area contributed by atoms with Crippen molar-refractivity contribution in [1.82, 2.24) is 20.2 Å². The Hall–Kier alpha value is -3.62. The van der Waals surface area contributed by atoms with Crippen LogP contribution in [0, 0.1) is 6.92 Å². The molecule has 1 aromatic heterocycles. The van der Waals surface area contributed by atoms with Crippen LogP contribution in [-0.2, 0) is 4.79 Å². The summed E-state index contributed by atoms with van der Waals surface area (Å²) in [5.41, 5.74) is 6.06. The maximum Gasteiger partial charge on any atom is 0.250 e. The van der Waals surface area contributed by atoms with Gasteiger partial charge in [-0.2, -0.15) is 5.10 Å². The van der Waals surface area contributed by atoms with E-state index >= 15 is 0 Å². The number of benzene rings is 3. The predicted octanol–water partition coefficient (Wildman–Crippen LogP) is 4.84. The zero-order valence-corrected chi connectivity index (χ0v) is 19.2. The lowest BCUT2D eigenvalue weighted by molar-refractivity contribution is -0.118. The normalized spacial score (nSPS) is 11.1. The van der Waals surface area contributed by atoms with Gasteiger partial charge in [0.25, 0.3) is 5.91 Å². The van der Waals surface area contributed by atoms with Gasteiger partial charge in [0.15, 0.2) is 11.0 Å². The lowest BCUT2D eigenvalue weighted by atomic mass is 10.1. The van der Waals surface area contributed by atoms with E-state index in [4.69, 9.17) is 11.6 Å². The van der Waals surface area contributed by atoms with Gasteiger partial charge in [-0.1, -0.05) is 65.3 Å². The number of nitrogens with zero attached hydrogens (tertiary/aromatic N) is 4. The smallest absolute Gasteiger partial charge is 0.250 e. The topological polar surface area (TPSA) is 92.4 Å². The van der Waals surface area contributed by atoms with Gasteiger partial charge in [-0.3, -0.25) is 9.36 Å². The summed E-state index contributed by atoms with van der Waals surface area (Å²) in [5.74, 6) is 0.601. The van der Waals surface area contributed by atoms with Crippen LogP contribution in [0.2, 0.25) is 5.02 Å². The molecular weight excluding hydrogens is 458 g/mol. The number of aryl methyl sites for hydroxylation is 1. The van der Waals surface area contributed by atoms with Crippen LogP contribution in [0.5, 0.6) is 5.75 Å². The first-order chi connectivity index (χ1) is 16.0. The second-order valence-corrected chi connectivity index (χ2v) is 8.54. The minimum atomic E-state index is -0.293. The Balaban J connectivity index is 1.51. The quantitative estimate of drug-likeness (QED) is 0.225. The predicted molar refractivity (Wildman–Crippen MR) is 131 cm³/mol. The van der Waals surface area contributed by atoms with E-state index in [-0.39, 0.29) is 17.4 Å². The van der Waals surface area contributed by atoms with Gasteiger partial charge in [0.1, 0.15) is 5.75 Å². The number of thioether (sulfide) groups is 1. The highest BCUT2D eigenvalue weighted by molar-refractivity contribution is 7.99. The van der Waals surface area contributed by atoms with Crippen LogP contribution in [-0.4, -0.2) is 37.7 Å². The first-order valence-electron chi connectivity index (χ1n) is 10.0. The zero-order chi connectivity index (χ0) is 23.2. The summed E-state index contributed by atoms with van der Waals surface area (Å²) >= 11 is 7.32. The lowest BCUT2D eigenvalue weighted by Gasteiger charge is -2.10. The van der Waals surface area contributed by atoms with Crippen LogP contribution >= 0.6 is 23.4 Å². The van der Waals surface area contributed by atoms with Crippen molar-refractivity contribution in [2.24, 2.45) is 5.10 Å².